The zero-order chi connectivity index (χ0) is 21.8. The van der Waals surface area contributed by atoms with Crippen molar-refractivity contribution in [3.05, 3.63) is 59.0 Å². The van der Waals surface area contributed by atoms with Gasteiger partial charge in [0.15, 0.2) is 11.5 Å². The van der Waals surface area contributed by atoms with Gasteiger partial charge in [0.05, 0.1) is 6.26 Å². The molecule has 2 aliphatic rings. The number of hydrogen-bond acceptors (Lipinski definition) is 4. The van der Waals surface area contributed by atoms with Gasteiger partial charge in [0.2, 0.25) is 5.91 Å². The topological polar surface area (TPSA) is 70.8 Å². The number of fused-ring (bicyclic) bond motifs is 1. The average molecular weight is 423 g/mol. The Balaban J connectivity index is 1.32. The zero-order valence-electron chi connectivity index (χ0n) is 18.1. The van der Waals surface area contributed by atoms with Gasteiger partial charge in [-0.25, -0.2) is 0 Å². The Hall–Kier alpha value is -2.89. The molecule has 0 spiro atoms. The summed E-state index contributed by atoms with van der Waals surface area (Å²) in [6.45, 7) is 4.51. The number of carbonyl (C=O) groups excluding carboxylic acids is 3. The van der Waals surface area contributed by atoms with E-state index >= 15 is 0 Å². The number of ketones is 1. The van der Waals surface area contributed by atoms with E-state index in [2.05, 4.69) is 6.07 Å². The normalized spacial score (nSPS) is 17.2. The monoisotopic (exact) mass is 422 g/mol. The number of likely N-dealkylation sites (tertiary alicyclic amines) is 1. The predicted octanol–water partition coefficient (Wildman–Crippen LogP) is 3.74. The van der Waals surface area contributed by atoms with Crippen LogP contribution in [0.3, 0.4) is 0 Å². The molecule has 2 aromatic rings. The second kappa shape index (κ2) is 9.50. The number of nitrogens with zero attached hydrogens (tertiary/aromatic N) is 2. The van der Waals surface area contributed by atoms with Crippen molar-refractivity contribution in [2.75, 3.05) is 26.2 Å². The highest BCUT2D eigenvalue weighted by Gasteiger charge is 2.23. The molecule has 2 amide bonds. The maximum absolute atomic E-state index is 12.8. The summed E-state index contributed by atoms with van der Waals surface area (Å²) in [5.41, 5.74) is 3.14. The number of piperidine rings is 1. The minimum absolute atomic E-state index is 0.0788. The molecule has 0 radical (unpaired) electrons. The van der Waals surface area contributed by atoms with Gasteiger partial charge in [0, 0.05) is 45.1 Å². The van der Waals surface area contributed by atoms with Crippen LogP contribution < -0.4 is 0 Å². The van der Waals surface area contributed by atoms with Gasteiger partial charge in [-0.05, 0) is 67.3 Å². The molecule has 1 aromatic heterocycles. The molecule has 0 atom stereocenters. The zero-order valence-corrected chi connectivity index (χ0v) is 18.1. The Labute approximate surface area is 183 Å². The van der Waals surface area contributed by atoms with Crippen LogP contribution in [0.2, 0.25) is 0 Å². The van der Waals surface area contributed by atoms with E-state index in [0.717, 1.165) is 56.3 Å². The van der Waals surface area contributed by atoms with Crippen molar-refractivity contribution < 1.29 is 18.8 Å². The first kappa shape index (κ1) is 21.3. The summed E-state index contributed by atoms with van der Waals surface area (Å²) in [7, 11) is 0. The van der Waals surface area contributed by atoms with Crippen LogP contribution in [0.25, 0.3) is 0 Å². The van der Waals surface area contributed by atoms with Gasteiger partial charge >= 0.3 is 0 Å². The van der Waals surface area contributed by atoms with Crippen molar-refractivity contribution in [3.8, 4) is 0 Å². The van der Waals surface area contributed by atoms with Crippen LogP contribution in [0.1, 0.15) is 64.6 Å². The van der Waals surface area contributed by atoms with Crippen molar-refractivity contribution in [3.63, 3.8) is 0 Å². The summed E-state index contributed by atoms with van der Waals surface area (Å²) in [6.07, 6.45) is 6.44. The van der Waals surface area contributed by atoms with Crippen LogP contribution in [-0.2, 0) is 17.6 Å². The van der Waals surface area contributed by atoms with Crippen LogP contribution >= 0.6 is 0 Å². The van der Waals surface area contributed by atoms with E-state index in [9.17, 15) is 14.4 Å². The molecule has 6 heteroatoms. The van der Waals surface area contributed by atoms with Crippen LogP contribution in [0.5, 0.6) is 0 Å². The van der Waals surface area contributed by atoms with Gasteiger partial charge in [0.25, 0.3) is 5.91 Å². The van der Waals surface area contributed by atoms with E-state index in [4.69, 9.17) is 4.42 Å². The molecular formula is C25H30N2O4. The number of Topliss-reactive ketones (excluding diaryl/α,β-unsaturated/α-hetero) is 1. The minimum atomic E-state index is -0.0788. The van der Waals surface area contributed by atoms with Gasteiger partial charge in [0.1, 0.15) is 0 Å². The van der Waals surface area contributed by atoms with Crippen molar-refractivity contribution in [1.29, 1.82) is 0 Å². The van der Waals surface area contributed by atoms with E-state index in [1.165, 1.54) is 11.8 Å². The Kier molecular flexibility index (Phi) is 6.54. The third-order valence-electron chi connectivity index (χ3n) is 6.69. The lowest BCUT2D eigenvalue weighted by Crippen LogP contribution is -2.37. The van der Waals surface area contributed by atoms with Crippen LogP contribution in [0.15, 0.2) is 41.0 Å². The molecule has 2 aliphatic heterocycles. The highest BCUT2D eigenvalue weighted by Crippen LogP contribution is 2.24. The molecule has 0 unspecified atom stereocenters. The quantitative estimate of drug-likeness (QED) is 0.688. The third-order valence-corrected chi connectivity index (χ3v) is 6.69. The SMILES string of the molecule is CC(=O)N1CCC(CCC(=O)c2ccc3c(c2)CCN(C(=O)c2ccco2)CC3)CC1. The molecule has 6 nitrogen and oxygen atoms in total. The van der Waals surface area contributed by atoms with Crippen molar-refractivity contribution in [2.24, 2.45) is 5.92 Å². The summed E-state index contributed by atoms with van der Waals surface area (Å²) in [4.78, 5) is 40.6. The van der Waals surface area contributed by atoms with Crippen LogP contribution in [0, 0.1) is 5.92 Å². The Bertz CT molecular complexity index is 942. The van der Waals surface area contributed by atoms with Gasteiger partial charge in [-0.3, -0.25) is 14.4 Å². The number of amides is 2. The largest absolute Gasteiger partial charge is 0.459 e. The molecule has 0 saturated carbocycles. The Morgan fingerprint density at radius 2 is 1.71 bits per heavy atom. The molecule has 3 heterocycles. The van der Waals surface area contributed by atoms with E-state index in [-0.39, 0.29) is 17.6 Å². The van der Waals surface area contributed by atoms with Gasteiger partial charge in [-0.15, -0.1) is 0 Å². The number of benzene rings is 1. The highest BCUT2D eigenvalue weighted by atomic mass is 16.3. The maximum Gasteiger partial charge on any atom is 0.289 e. The Morgan fingerprint density at radius 3 is 2.39 bits per heavy atom. The molecule has 0 bridgehead atoms. The number of carbonyl (C=O) groups is 3. The van der Waals surface area contributed by atoms with Crippen LogP contribution in [-0.4, -0.2) is 53.6 Å². The highest BCUT2D eigenvalue weighted by molar-refractivity contribution is 5.96. The number of rotatable bonds is 5. The van der Waals surface area contributed by atoms with E-state index in [1.54, 1.807) is 19.1 Å². The number of hydrogen-bond donors (Lipinski definition) is 0. The molecular weight excluding hydrogens is 392 g/mol. The molecule has 31 heavy (non-hydrogen) atoms. The third kappa shape index (κ3) is 5.06. The van der Waals surface area contributed by atoms with E-state index in [0.29, 0.717) is 31.2 Å². The maximum atomic E-state index is 12.8. The van der Waals surface area contributed by atoms with Gasteiger partial charge in [-0.2, -0.15) is 0 Å². The van der Waals surface area contributed by atoms with Gasteiger partial charge < -0.3 is 14.2 Å². The Morgan fingerprint density at radius 1 is 0.968 bits per heavy atom. The lowest BCUT2D eigenvalue weighted by molar-refractivity contribution is -0.130. The second-order valence-electron chi connectivity index (χ2n) is 8.66. The van der Waals surface area contributed by atoms with Gasteiger partial charge in [-0.1, -0.05) is 12.1 Å². The lowest BCUT2D eigenvalue weighted by Gasteiger charge is -2.31. The summed E-state index contributed by atoms with van der Waals surface area (Å²) in [5.74, 6) is 1.14. The molecule has 1 saturated heterocycles. The fraction of sp³-hybridized carbons (Fsp3) is 0.480. The van der Waals surface area contributed by atoms with E-state index < -0.39 is 0 Å². The average Bonchev–Trinajstić information content (AvgIpc) is 3.24. The fourth-order valence-corrected chi connectivity index (χ4v) is 4.67. The standard InChI is InChI=1S/C25H30N2O4/c1-18(28)26-12-8-19(9-13-26)4-7-23(29)22-6-5-20-10-14-27(15-11-21(20)17-22)25(30)24-3-2-16-31-24/h2-3,5-6,16-17,19H,4,7-15H2,1H3. The first-order valence-corrected chi connectivity index (χ1v) is 11.2. The van der Waals surface area contributed by atoms with Crippen molar-refractivity contribution >= 4 is 17.6 Å². The first-order valence-electron chi connectivity index (χ1n) is 11.2. The van der Waals surface area contributed by atoms with E-state index in [1.807, 2.05) is 21.9 Å². The fourth-order valence-electron chi connectivity index (χ4n) is 4.67. The van der Waals surface area contributed by atoms with Crippen LogP contribution in [0.4, 0.5) is 0 Å². The smallest absolute Gasteiger partial charge is 0.289 e. The molecule has 164 valence electrons. The number of furan rings is 1. The van der Waals surface area contributed by atoms with Crippen molar-refractivity contribution in [2.45, 2.75) is 45.4 Å². The predicted molar refractivity (Wildman–Crippen MR) is 117 cm³/mol. The van der Waals surface area contributed by atoms with Crippen molar-refractivity contribution in [1.82, 2.24) is 9.80 Å². The summed E-state index contributed by atoms with van der Waals surface area (Å²) >= 11 is 0. The molecule has 1 aromatic carbocycles. The molecule has 0 N–H and O–H groups in total. The lowest BCUT2D eigenvalue weighted by atomic mass is 9.89. The molecule has 1 fully saturated rings. The summed E-state index contributed by atoms with van der Waals surface area (Å²) < 4.78 is 5.26. The summed E-state index contributed by atoms with van der Waals surface area (Å²) in [6, 6.07) is 9.43. The molecule has 4 rings (SSSR count). The second-order valence-corrected chi connectivity index (χ2v) is 8.66. The minimum Gasteiger partial charge on any atom is -0.459 e. The summed E-state index contributed by atoms with van der Waals surface area (Å²) in [5, 5.41) is 0. The molecule has 0 aliphatic carbocycles. The first-order chi connectivity index (χ1) is 15.0.